The first-order chi connectivity index (χ1) is 14.4. The molecular formula is C23H16ClNO4S. The van der Waals surface area contributed by atoms with Crippen LogP contribution in [0.4, 0.5) is 5.69 Å². The second-order valence-electron chi connectivity index (χ2n) is 6.52. The number of carbonyl (C=O) groups is 1. The molecule has 0 atom stereocenters. The third kappa shape index (κ3) is 4.30. The summed E-state index contributed by atoms with van der Waals surface area (Å²) < 4.78 is 33.3. The first-order valence-corrected chi connectivity index (χ1v) is 10.9. The number of nitrogens with one attached hydrogen (secondary N) is 1. The van der Waals surface area contributed by atoms with Crippen LogP contribution < -0.4 is 9.46 Å². The van der Waals surface area contributed by atoms with Gasteiger partial charge in [-0.15, -0.1) is 0 Å². The SMILES string of the molecule is O=C(Oc1ccc(NS(=O)(=O)c2ccc3ccccc3c2)cc1Cl)c1ccccc1. The van der Waals surface area contributed by atoms with Crippen LogP contribution >= 0.6 is 11.6 Å². The highest BCUT2D eigenvalue weighted by molar-refractivity contribution is 7.92. The summed E-state index contributed by atoms with van der Waals surface area (Å²) in [5.74, 6) is -0.416. The zero-order valence-electron chi connectivity index (χ0n) is 15.6. The van der Waals surface area contributed by atoms with Crippen LogP contribution in [0.15, 0.2) is 95.9 Å². The zero-order chi connectivity index (χ0) is 21.1. The molecule has 0 bridgehead atoms. The van der Waals surface area contributed by atoms with E-state index >= 15 is 0 Å². The van der Waals surface area contributed by atoms with Gasteiger partial charge >= 0.3 is 5.97 Å². The molecule has 7 heteroatoms. The van der Waals surface area contributed by atoms with E-state index in [0.717, 1.165) is 10.8 Å². The third-order valence-electron chi connectivity index (χ3n) is 4.43. The predicted molar refractivity (Wildman–Crippen MR) is 118 cm³/mol. The Hall–Kier alpha value is -3.35. The van der Waals surface area contributed by atoms with Crippen LogP contribution in [-0.2, 0) is 10.0 Å². The van der Waals surface area contributed by atoms with E-state index < -0.39 is 16.0 Å². The molecule has 0 aliphatic rings. The standard InChI is InChI=1S/C23H16ClNO4S/c24-21-15-19(11-13-22(21)29-23(26)17-7-2-1-3-8-17)25-30(27,28)20-12-10-16-6-4-5-9-18(16)14-20/h1-15,25H. The van der Waals surface area contributed by atoms with Gasteiger partial charge in [0, 0.05) is 0 Å². The average Bonchev–Trinajstić information content (AvgIpc) is 2.75. The number of carbonyl (C=O) groups excluding carboxylic acids is 1. The summed E-state index contributed by atoms with van der Waals surface area (Å²) in [6.45, 7) is 0. The minimum absolute atomic E-state index is 0.109. The van der Waals surface area contributed by atoms with Crippen LogP contribution in [0.1, 0.15) is 10.4 Å². The van der Waals surface area contributed by atoms with E-state index in [1.807, 2.05) is 24.3 Å². The Bertz CT molecular complexity index is 1340. The molecule has 0 spiro atoms. The van der Waals surface area contributed by atoms with E-state index in [4.69, 9.17) is 16.3 Å². The lowest BCUT2D eigenvalue weighted by molar-refractivity contribution is 0.0735. The highest BCUT2D eigenvalue weighted by Crippen LogP contribution is 2.30. The summed E-state index contributed by atoms with van der Waals surface area (Å²) in [6.07, 6.45) is 0. The summed E-state index contributed by atoms with van der Waals surface area (Å²) in [5.41, 5.74) is 0.641. The smallest absolute Gasteiger partial charge is 0.343 e. The summed E-state index contributed by atoms with van der Waals surface area (Å²) >= 11 is 6.20. The maximum Gasteiger partial charge on any atom is 0.343 e. The molecular weight excluding hydrogens is 422 g/mol. The Labute approximate surface area is 178 Å². The van der Waals surface area contributed by atoms with Crippen LogP contribution in [0.3, 0.4) is 0 Å². The molecule has 5 nitrogen and oxygen atoms in total. The van der Waals surface area contributed by atoms with Crippen LogP contribution in [0, 0.1) is 0 Å². The molecule has 4 aromatic carbocycles. The van der Waals surface area contributed by atoms with Gasteiger partial charge in [0.15, 0.2) is 0 Å². The van der Waals surface area contributed by atoms with Gasteiger partial charge in [-0.1, -0.05) is 60.1 Å². The number of benzene rings is 4. The molecule has 30 heavy (non-hydrogen) atoms. The van der Waals surface area contributed by atoms with Crippen LogP contribution in [0.5, 0.6) is 5.75 Å². The molecule has 0 aliphatic heterocycles. The summed E-state index contributed by atoms with van der Waals surface area (Å²) in [4.78, 5) is 12.3. The minimum Gasteiger partial charge on any atom is -0.421 e. The van der Waals surface area contributed by atoms with Crippen molar-refractivity contribution in [2.24, 2.45) is 0 Å². The first-order valence-electron chi connectivity index (χ1n) is 9.01. The van der Waals surface area contributed by atoms with Gasteiger partial charge in [-0.05, 0) is 53.2 Å². The lowest BCUT2D eigenvalue weighted by Crippen LogP contribution is -2.13. The Morgan fingerprint density at radius 1 is 0.800 bits per heavy atom. The van der Waals surface area contributed by atoms with Crippen molar-refractivity contribution in [1.82, 2.24) is 0 Å². The highest BCUT2D eigenvalue weighted by atomic mass is 35.5. The Kier molecular flexibility index (Phi) is 5.44. The number of esters is 1. The number of ether oxygens (including phenoxy) is 1. The number of anilines is 1. The number of rotatable bonds is 5. The lowest BCUT2D eigenvalue weighted by Gasteiger charge is -2.11. The molecule has 0 radical (unpaired) electrons. The molecule has 0 saturated heterocycles. The number of fused-ring (bicyclic) bond motifs is 1. The highest BCUT2D eigenvalue weighted by Gasteiger charge is 2.17. The van der Waals surface area contributed by atoms with Gasteiger partial charge in [0.1, 0.15) is 5.75 Å². The molecule has 0 aromatic heterocycles. The molecule has 0 heterocycles. The van der Waals surface area contributed by atoms with Gasteiger partial charge in [-0.2, -0.15) is 0 Å². The van der Waals surface area contributed by atoms with E-state index in [9.17, 15) is 13.2 Å². The van der Waals surface area contributed by atoms with Crippen molar-refractivity contribution < 1.29 is 17.9 Å². The van der Waals surface area contributed by atoms with Crippen molar-refractivity contribution in [3.63, 3.8) is 0 Å². The Morgan fingerprint density at radius 3 is 2.23 bits per heavy atom. The van der Waals surface area contributed by atoms with E-state index in [0.29, 0.717) is 5.56 Å². The maximum absolute atomic E-state index is 12.8. The molecule has 0 aliphatic carbocycles. The van der Waals surface area contributed by atoms with Gasteiger partial charge in [0.2, 0.25) is 0 Å². The topological polar surface area (TPSA) is 72.5 Å². The van der Waals surface area contributed by atoms with Gasteiger partial charge in [-0.3, -0.25) is 4.72 Å². The average molecular weight is 438 g/mol. The summed E-state index contributed by atoms with van der Waals surface area (Å²) in [5, 5.41) is 1.88. The maximum atomic E-state index is 12.8. The molecule has 150 valence electrons. The molecule has 0 amide bonds. The molecule has 4 rings (SSSR count). The number of hydrogen-bond donors (Lipinski definition) is 1. The van der Waals surface area contributed by atoms with Crippen LogP contribution in [-0.4, -0.2) is 14.4 Å². The fourth-order valence-electron chi connectivity index (χ4n) is 2.93. The predicted octanol–water partition coefficient (Wildman–Crippen LogP) is 5.51. The minimum atomic E-state index is -3.82. The number of hydrogen-bond acceptors (Lipinski definition) is 4. The monoisotopic (exact) mass is 437 g/mol. The van der Waals surface area contributed by atoms with Crippen molar-refractivity contribution in [2.75, 3.05) is 4.72 Å². The van der Waals surface area contributed by atoms with Crippen LogP contribution in [0.25, 0.3) is 10.8 Å². The molecule has 0 fully saturated rings. The Balaban J connectivity index is 1.54. The largest absolute Gasteiger partial charge is 0.421 e. The fraction of sp³-hybridized carbons (Fsp3) is 0. The van der Waals surface area contributed by atoms with E-state index in [1.54, 1.807) is 48.5 Å². The van der Waals surface area contributed by atoms with E-state index in [-0.39, 0.29) is 21.4 Å². The lowest BCUT2D eigenvalue weighted by atomic mass is 10.1. The summed E-state index contributed by atoms with van der Waals surface area (Å²) in [7, 11) is -3.82. The molecule has 0 saturated carbocycles. The summed E-state index contributed by atoms with van der Waals surface area (Å²) in [6, 6.07) is 25.2. The van der Waals surface area contributed by atoms with Gasteiger partial charge in [-0.25, -0.2) is 13.2 Å². The van der Waals surface area contributed by atoms with Gasteiger partial charge < -0.3 is 4.74 Å². The second-order valence-corrected chi connectivity index (χ2v) is 8.60. The first kappa shape index (κ1) is 19.9. The third-order valence-corrected chi connectivity index (χ3v) is 6.10. The fourth-order valence-corrected chi connectivity index (χ4v) is 4.23. The van der Waals surface area contributed by atoms with E-state index in [1.165, 1.54) is 18.2 Å². The van der Waals surface area contributed by atoms with E-state index in [2.05, 4.69) is 4.72 Å². The Morgan fingerprint density at radius 2 is 1.50 bits per heavy atom. The second kappa shape index (κ2) is 8.18. The molecule has 4 aromatic rings. The van der Waals surface area contributed by atoms with Crippen molar-refractivity contribution in [1.29, 1.82) is 0 Å². The number of halogens is 1. The normalized spacial score (nSPS) is 11.2. The van der Waals surface area contributed by atoms with Crippen molar-refractivity contribution >= 4 is 44.1 Å². The van der Waals surface area contributed by atoms with Crippen molar-refractivity contribution in [3.8, 4) is 5.75 Å². The van der Waals surface area contributed by atoms with Crippen molar-refractivity contribution in [2.45, 2.75) is 4.90 Å². The van der Waals surface area contributed by atoms with Gasteiger partial charge in [0.05, 0.1) is 21.2 Å². The van der Waals surface area contributed by atoms with Crippen molar-refractivity contribution in [3.05, 3.63) is 102 Å². The quantitative estimate of drug-likeness (QED) is 0.330. The number of sulfonamides is 1. The molecule has 1 N–H and O–H groups in total. The van der Waals surface area contributed by atoms with Gasteiger partial charge in [0.25, 0.3) is 10.0 Å². The molecule has 0 unspecified atom stereocenters. The van der Waals surface area contributed by atoms with Crippen LogP contribution in [0.2, 0.25) is 5.02 Å². The zero-order valence-corrected chi connectivity index (χ0v) is 17.2.